The van der Waals surface area contributed by atoms with Gasteiger partial charge in [0.25, 0.3) is 0 Å². The lowest BCUT2D eigenvalue weighted by atomic mass is 10.0. The molecule has 2 aromatic carbocycles. The van der Waals surface area contributed by atoms with Gasteiger partial charge in [-0.3, -0.25) is 4.79 Å². The van der Waals surface area contributed by atoms with Gasteiger partial charge in [0, 0.05) is 5.56 Å². The minimum atomic E-state index is -0.0265. The molecule has 3 heteroatoms. The molecule has 3 rings (SSSR count). The number of carbonyl (C=O) groups excluding carboxylic acids is 1. The lowest BCUT2D eigenvalue weighted by Crippen LogP contribution is -2.15. The molecule has 0 saturated heterocycles. The summed E-state index contributed by atoms with van der Waals surface area (Å²) in [7, 11) is 0. The standard InChI is InChI=1S/C24H26O3/c1-2-3-5-8-20(17-19-9-6-4-7-10-19)11-13-22(25)21-12-14-23-24(18-21)27-16-15-26-23/h4,6-7,9-14,17-18H,2-3,5,8,15-16H2,1H3/b13-11+,20-17-. The maximum Gasteiger partial charge on any atom is 0.185 e. The van der Waals surface area contributed by atoms with Crippen molar-refractivity contribution < 1.29 is 14.3 Å². The van der Waals surface area contributed by atoms with Crippen molar-refractivity contribution in [2.75, 3.05) is 13.2 Å². The maximum atomic E-state index is 12.6. The number of unbranched alkanes of at least 4 members (excludes halogenated alkanes) is 2. The van der Waals surface area contributed by atoms with Crippen LogP contribution >= 0.6 is 0 Å². The van der Waals surface area contributed by atoms with Crippen LogP contribution in [0.2, 0.25) is 0 Å². The molecule has 2 aromatic rings. The van der Waals surface area contributed by atoms with Gasteiger partial charge in [-0.05, 0) is 48.3 Å². The molecule has 27 heavy (non-hydrogen) atoms. The quantitative estimate of drug-likeness (QED) is 0.255. The summed E-state index contributed by atoms with van der Waals surface area (Å²) in [5.41, 5.74) is 2.93. The highest BCUT2D eigenvalue weighted by Gasteiger charge is 2.13. The summed E-state index contributed by atoms with van der Waals surface area (Å²) in [5.74, 6) is 1.32. The van der Waals surface area contributed by atoms with Crippen LogP contribution in [0, 0.1) is 0 Å². The van der Waals surface area contributed by atoms with Gasteiger partial charge in [0.1, 0.15) is 13.2 Å². The van der Waals surface area contributed by atoms with E-state index in [1.54, 1.807) is 24.3 Å². The molecular weight excluding hydrogens is 336 g/mol. The van der Waals surface area contributed by atoms with Gasteiger partial charge in [-0.2, -0.15) is 0 Å². The molecule has 0 fully saturated rings. The third-order valence-electron chi connectivity index (χ3n) is 4.50. The third kappa shape index (κ3) is 5.58. The number of hydrogen-bond donors (Lipinski definition) is 0. The van der Waals surface area contributed by atoms with Gasteiger partial charge >= 0.3 is 0 Å². The Kier molecular flexibility index (Phi) is 6.86. The van der Waals surface area contributed by atoms with Crippen molar-refractivity contribution in [3.8, 4) is 11.5 Å². The molecule has 3 nitrogen and oxygen atoms in total. The number of allylic oxidation sites excluding steroid dienone is 3. The number of rotatable bonds is 8. The summed E-state index contributed by atoms with van der Waals surface area (Å²) in [4.78, 5) is 12.6. The van der Waals surface area contributed by atoms with Crippen LogP contribution in [-0.4, -0.2) is 19.0 Å². The van der Waals surface area contributed by atoms with Gasteiger partial charge in [0.15, 0.2) is 17.3 Å². The summed E-state index contributed by atoms with van der Waals surface area (Å²) < 4.78 is 11.1. The first-order valence-electron chi connectivity index (χ1n) is 9.64. The first kappa shape index (κ1) is 19.0. The van der Waals surface area contributed by atoms with Crippen molar-refractivity contribution >= 4 is 11.9 Å². The number of hydrogen-bond acceptors (Lipinski definition) is 3. The van der Waals surface area contributed by atoms with Crippen molar-refractivity contribution in [3.63, 3.8) is 0 Å². The molecule has 0 aliphatic carbocycles. The minimum Gasteiger partial charge on any atom is -0.486 e. The van der Waals surface area contributed by atoms with E-state index in [0.717, 1.165) is 18.4 Å². The Labute approximate surface area is 161 Å². The molecule has 1 aliphatic heterocycles. The Hall–Kier alpha value is -2.81. The third-order valence-corrected chi connectivity index (χ3v) is 4.50. The van der Waals surface area contributed by atoms with Gasteiger partial charge in [-0.1, -0.05) is 62.2 Å². The molecule has 0 radical (unpaired) electrons. The molecule has 0 N–H and O–H groups in total. The molecular formula is C24H26O3. The fraction of sp³-hybridized carbons (Fsp3) is 0.292. The lowest BCUT2D eigenvalue weighted by molar-refractivity contribution is 0.104. The lowest BCUT2D eigenvalue weighted by Gasteiger charge is -2.18. The van der Waals surface area contributed by atoms with Crippen LogP contribution in [0.3, 0.4) is 0 Å². The monoisotopic (exact) mass is 362 g/mol. The number of fused-ring (bicyclic) bond motifs is 1. The number of ether oxygens (including phenoxy) is 2. The predicted molar refractivity (Wildman–Crippen MR) is 109 cm³/mol. The van der Waals surface area contributed by atoms with Gasteiger partial charge in [-0.25, -0.2) is 0 Å². The van der Waals surface area contributed by atoms with Crippen LogP contribution in [0.25, 0.3) is 6.08 Å². The van der Waals surface area contributed by atoms with E-state index in [1.807, 2.05) is 24.3 Å². The van der Waals surface area contributed by atoms with E-state index < -0.39 is 0 Å². The topological polar surface area (TPSA) is 35.5 Å². The molecule has 1 heterocycles. The van der Waals surface area contributed by atoms with Gasteiger partial charge in [0.05, 0.1) is 0 Å². The summed E-state index contributed by atoms with van der Waals surface area (Å²) in [6.45, 7) is 3.26. The summed E-state index contributed by atoms with van der Waals surface area (Å²) in [6.07, 6.45) is 10.2. The molecule has 0 saturated carbocycles. The van der Waals surface area contributed by atoms with Crippen molar-refractivity contribution in [2.45, 2.75) is 32.6 Å². The van der Waals surface area contributed by atoms with E-state index in [2.05, 4.69) is 25.1 Å². The van der Waals surface area contributed by atoms with Crippen LogP contribution in [0.5, 0.6) is 11.5 Å². The van der Waals surface area contributed by atoms with E-state index in [1.165, 1.54) is 18.4 Å². The van der Waals surface area contributed by atoms with E-state index >= 15 is 0 Å². The van der Waals surface area contributed by atoms with Crippen LogP contribution < -0.4 is 9.47 Å². The average molecular weight is 362 g/mol. The van der Waals surface area contributed by atoms with Crippen molar-refractivity contribution in [3.05, 3.63) is 77.4 Å². The molecule has 1 aliphatic rings. The predicted octanol–water partition coefficient (Wildman–Crippen LogP) is 5.86. The number of ketones is 1. The summed E-state index contributed by atoms with van der Waals surface area (Å²) >= 11 is 0. The van der Waals surface area contributed by atoms with Crippen molar-refractivity contribution in [2.24, 2.45) is 0 Å². The Balaban J connectivity index is 1.74. The van der Waals surface area contributed by atoms with E-state index in [-0.39, 0.29) is 5.78 Å². The van der Waals surface area contributed by atoms with Crippen LogP contribution in [-0.2, 0) is 0 Å². The first-order valence-corrected chi connectivity index (χ1v) is 9.64. The smallest absolute Gasteiger partial charge is 0.185 e. The van der Waals surface area contributed by atoms with E-state index in [4.69, 9.17) is 9.47 Å². The Morgan fingerprint density at radius 3 is 2.52 bits per heavy atom. The molecule has 0 aromatic heterocycles. The van der Waals surface area contributed by atoms with Crippen molar-refractivity contribution in [1.82, 2.24) is 0 Å². The first-order chi connectivity index (χ1) is 13.3. The highest BCUT2D eigenvalue weighted by molar-refractivity contribution is 6.05. The number of benzene rings is 2. The van der Waals surface area contributed by atoms with Crippen molar-refractivity contribution in [1.29, 1.82) is 0 Å². The molecule has 0 amide bonds. The second kappa shape index (κ2) is 9.77. The Morgan fingerprint density at radius 2 is 1.74 bits per heavy atom. The van der Waals surface area contributed by atoms with E-state index in [9.17, 15) is 4.79 Å². The fourth-order valence-electron chi connectivity index (χ4n) is 3.02. The number of carbonyl (C=O) groups is 1. The van der Waals surface area contributed by atoms with Gasteiger partial charge in [0.2, 0.25) is 0 Å². The van der Waals surface area contributed by atoms with Crippen LogP contribution in [0.1, 0.15) is 48.5 Å². The summed E-state index contributed by atoms with van der Waals surface area (Å²) in [6, 6.07) is 15.6. The maximum absolute atomic E-state index is 12.6. The Bertz CT molecular complexity index is 819. The molecule has 0 spiro atoms. The molecule has 0 bridgehead atoms. The highest BCUT2D eigenvalue weighted by atomic mass is 16.6. The highest BCUT2D eigenvalue weighted by Crippen LogP contribution is 2.31. The Morgan fingerprint density at radius 1 is 0.963 bits per heavy atom. The fourth-order valence-corrected chi connectivity index (χ4v) is 3.02. The van der Waals surface area contributed by atoms with Gasteiger partial charge in [-0.15, -0.1) is 0 Å². The normalized spacial score (nSPS) is 13.7. The van der Waals surface area contributed by atoms with Crippen LogP contribution in [0.4, 0.5) is 0 Å². The molecule has 0 atom stereocenters. The summed E-state index contributed by atoms with van der Waals surface area (Å²) in [5, 5.41) is 0. The van der Waals surface area contributed by atoms with Crippen LogP contribution in [0.15, 0.2) is 66.3 Å². The SMILES string of the molecule is CCCCCC(=C/c1ccccc1)/C=C/C(=O)c1ccc2c(c1)OCCO2. The zero-order chi connectivity index (χ0) is 18.9. The average Bonchev–Trinajstić information content (AvgIpc) is 2.72. The zero-order valence-corrected chi connectivity index (χ0v) is 15.8. The second-order valence-electron chi connectivity index (χ2n) is 6.64. The second-order valence-corrected chi connectivity index (χ2v) is 6.64. The van der Waals surface area contributed by atoms with Gasteiger partial charge < -0.3 is 9.47 Å². The van der Waals surface area contributed by atoms with E-state index in [0.29, 0.717) is 30.3 Å². The largest absolute Gasteiger partial charge is 0.486 e. The molecule has 0 unspecified atom stereocenters. The minimum absolute atomic E-state index is 0.0265. The molecule has 140 valence electrons. The zero-order valence-electron chi connectivity index (χ0n) is 15.8.